The molecule has 1 saturated heterocycles. The zero-order valence-electron chi connectivity index (χ0n) is 24.0. The van der Waals surface area contributed by atoms with E-state index in [-0.39, 0.29) is 22.7 Å². The Labute approximate surface area is 259 Å². The molecule has 2 aromatic heterocycles. The quantitative estimate of drug-likeness (QED) is 0.118. The standard InChI is InChI=1S/C27H29F4N6O6PS/c1-14(2)41-24(39)15(3)36-44(45,43-18-10-6-8-16-7-4-5-9-17(16)18)40-11-26(25(28)29)27(30,31)20(38)23(42-26)37-13-35-19-21(32)33-12-34-22(19)37/h4-10,12-15,20,23,25,38H,11H2,1-3H3,(H,36,45)(H2,32,33,34)/t15-,20-,23+,26-,44?/m0/s1. The van der Waals surface area contributed by atoms with Crippen molar-refractivity contribution in [3.05, 3.63) is 55.1 Å². The summed E-state index contributed by atoms with van der Waals surface area (Å²) in [4.78, 5) is 24.2. The zero-order valence-corrected chi connectivity index (χ0v) is 25.7. The molecule has 12 nitrogen and oxygen atoms in total. The lowest BCUT2D eigenvalue weighted by Gasteiger charge is -2.35. The molecule has 0 radical (unpaired) electrons. The number of carbonyl (C=O) groups excluding carboxylic acids is 1. The molecule has 45 heavy (non-hydrogen) atoms. The minimum atomic E-state index is -4.61. The van der Waals surface area contributed by atoms with Crippen LogP contribution in [-0.4, -0.2) is 73.4 Å². The van der Waals surface area contributed by atoms with Crippen LogP contribution < -0.4 is 15.3 Å². The smallest absolute Gasteiger partial charge is 0.323 e. The van der Waals surface area contributed by atoms with Crippen LogP contribution in [0.2, 0.25) is 0 Å². The normalized spacial score (nSPS) is 23.4. The number of aliphatic hydroxyl groups excluding tert-OH is 1. The van der Waals surface area contributed by atoms with E-state index in [0.717, 1.165) is 22.6 Å². The molecule has 5 atom stereocenters. The number of nitrogens with zero attached hydrogens (tertiary/aromatic N) is 4. The van der Waals surface area contributed by atoms with Gasteiger partial charge in [-0.2, -0.15) is 8.78 Å². The topological polar surface area (TPSA) is 156 Å². The van der Waals surface area contributed by atoms with E-state index in [9.17, 15) is 18.7 Å². The minimum absolute atomic E-state index is 0.0205. The lowest BCUT2D eigenvalue weighted by molar-refractivity contribution is -0.241. The van der Waals surface area contributed by atoms with Crippen molar-refractivity contribution in [2.24, 2.45) is 0 Å². The van der Waals surface area contributed by atoms with Crippen molar-refractivity contribution in [3.63, 3.8) is 0 Å². The molecule has 0 aliphatic carbocycles. The molecule has 1 unspecified atom stereocenters. The van der Waals surface area contributed by atoms with Crippen LogP contribution in [0.1, 0.15) is 27.0 Å². The molecular weight excluding hydrogens is 643 g/mol. The fourth-order valence-electron chi connectivity index (χ4n) is 4.74. The molecule has 18 heteroatoms. The van der Waals surface area contributed by atoms with Gasteiger partial charge in [0.05, 0.1) is 19.0 Å². The van der Waals surface area contributed by atoms with Crippen LogP contribution >= 0.6 is 6.64 Å². The number of anilines is 1. The number of esters is 1. The van der Waals surface area contributed by atoms with Crippen molar-refractivity contribution in [3.8, 4) is 5.75 Å². The number of fused-ring (bicyclic) bond motifs is 2. The number of nitrogens with two attached hydrogens (primary N) is 1. The monoisotopic (exact) mass is 672 g/mol. The highest BCUT2D eigenvalue weighted by molar-refractivity contribution is 8.09. The van der Waals surface area contributed by atoms with E-state index in [4.69, 9.17) is 36.1 Å². The number of alkyl halides is 4. The van der Waals surface area contributed by atoms with Crippen LogP contribution in [-0.2, 0) is 30.6 Å². The fourth-order valence-corrected chi connectivity index (χ4v) is 7.16. The average molecular weight is 673 g/mol. The maximum absolute atomic E-state index is 15.8. The predicted molar refractivity (Wildman–Crippen MR) is 158 cm³/mol. The van der Waals surface area contributed by atoms with Crippen molar-refractivity contribution in [2.75, 3.05) is 12.3 Å². The number of nitrogen functional groups attached to an aromatic ring is 1. The maximum Gasteiger partial charge on any atom is 0.323 e. The summed E-state index contributed by atoms with van der Waals surface area (Å²) in [5.41, 5.74) is 1.86. The summed E-state index contributed by atoms with van der Waals surface area (Å²) in [6.07, 6.45) is -7.36. The second-order valence-electron chi connectivity index (χ2n) is 10.5. The highest BCUT2D eigenvalue weighted by Crippen LogP contribution is 2.55. The second-order valence-corrected chi connectivity index (χ2v) is 13.7. The van der Waals surface area contributed by atoms with E-state index >= 15 is 8.78 Å². The first-order valence-electron chi connectivity index (χ1n) is 13.5. The summed E-state index contributed by atoms with van der Waals surface area (Å²) < 4.78 is 84.1. The third kappa shape index (κ3) is 6.07. The molecule has 0 bridgehead atoms. The first-order valence-corrected chi connectivity index (χ1v) is 16.2. The van der Waals surface area contributed by atoms with E-state index in [2.05, 4.69) is 20.0 Å². The molecule has 3 heterocycles. The lowest BCUT2D eigenvalue weighted by Crippen LogP contribution is -2.57. The number of aliphatic hydroxyl groups is 1. The number of hydrogen-bond acceptors (Lipinski definition) is 11. The van der Waals surface area contributed by atoms with Crippen LogP contribution in [0, 0.1) is 0 Å². The highest BCUT2D eigenvalue weighted by Gasteiger charge is 2.74. The molecule has 242 valence electrons. The van der Waals surface area contributed by atoms with Gasteiger partial charge < -0.3 is 29.4 Å². The number of imidazole rings is 1. The number of rotatable bonds is 11. The Bertz CT molecular complexity index is 1760. The summed E-state index contributed by atoms with van der Waals surface area (Å²) in [5.74, 6) is -5.36. The number of aromatic nitrogens is 4. The van der Waals surface area contributed by atoms with Crippen LogP contribution in [0.5, 0.6) is 5.75 Å². The van der Waals surface area contributed by atoms with Gasteiger partial charge in [0.2, 0.25) is 5.60 Å². The van der Waals surface area contributed by atoms with E-state index < -0.39 is 61.6 Å². The van der Waals surface area contributed by atoms with E-state index in [1.54, 1.807) is 50.2 Å². The fraction of sp³-hybridized carbons (Fsp3) is 0.407. The van der Waals surface area contributed by atoms with Crippen molar-refractivity contribution >= 4 is 52.2 Å². The zero-order chi connectivity index (χ0) is 32.7. The number of nitrogens with one attached hydrogen (secondary N) is 1. The predicted octanol–water partition coefficient (Wildman–Crippen LogP) is 4.34. The van der Waals surface area contributed by atoms with E-state index in [1.807, 2.05) is 0 Å². The van der Waals surface area contributed by atoms with Crippen molar-refractivity contribution in [1.29, 1.82) is 0 Å². The van der Waals surface area contributed by atoms with Gasteiger partial charge in [-0.25, -0.2) is 28.8 Å². The SMILES string of the molecule is CC(C)OC(=O)[C@H](C)NP(=S)(OC[C@@]1(C(F)F)O[C@@H](n2cnc3c(N)ncnc32)[C@H](O)C1(F)F)Oc1cccc2ccccc12. The molecule has 0 saturated carbocycles. The van der Waals surface area contributed by atoms with Crippen LogP contribution in [0.25, 0.3) is 21.9 Å². The van der Waals surface area contributed by atoms with Crippen molar-refractivity contribution in [1.82, 2.24) is 24.6 Å². The summed E-state index contributed by atoms with van der Waals surface area (Å²) in [5, 5.41) is 14.6. The molecule has 1 fully saturated rings. The number of halogens is 4. The van der Waals surface area contributed by atoms with Gasteiger partial charge in [-0.15, -0.1) is 0 Å². The molecule has 5 rings (SSSR count). The van der Waals surface area contributed by atoms with Gasteiger partial charge in [-0.1, -0.05) is 36.4 Å². The van der Waals surface area contributed by atoms with Gasteiger partial charge in [0.15, 0.2) is 23.8 Å². The molecule has 4 N–H and O–H groups in total. The van der Waals surface area contributed by atoms with Gasteiger partial charge in [0, 0.05) is 5.39 Å². The lowest BCUT2D eigenvalue weighted by atomic mass is 9.95. The molecule has 1 aliphatic rings. The van der Waals surface area contributed by atoms with Gasteiger partial charge >= 0.3 is 18.5 Å². The Morgan fingerprint density at radius 1 is 1.18 bits per heavy atom. The molecule has 2 aromatic carbocycles. The first kappa shape index (κ1) is 32.9. The van der Waals surface area contributed by atoms with Crippen molar-refractivity contribution in [2.45, 2.75) is 63.2 Å². The van der Waals surface area contributed by atoms with Gasteiger partial charge in [0.1, 0.15) is 23.6 Å². The Hall–Kier alpha value is -3.47. The van der Waals surface area contributed by atoms with Crippen LogP contribution in [0.15, 0.2) is 55.1 Å². The molecular formula is C27H29F4N6O6PS. The average Bonchev–Trinajstić information content (AvgIpc) is 3.49. The Kier molecular flexibility index (Phi) is 9.05. The molecule has 4 aromatic rings. The largest absolute Gasteiger partial charge is 0.462 e. The molecule has 1 aliphatic heterocycles. The number of carbonyl (C=O) groups is 1. The first-order chi connectivity index (χ1) is 21.2. The summed E-state index contributed by atoms with van der Waals surface area (Å²) >= 11 is 5.61. The van der Waals surface area contributed by atoms with E-state index in [0.29, 0.717) is 5.39 Å². The van der Waals surface area contributed by atoms with Crippen molar-refractivity contribution < 1.29 is 46.0 Å². The number of ether oxygens (including phenoxy) is 2. The Morgan fingerprint density at radius 3 is 2.60 bits per heavy atom. The Morgan fingerprint density at radius 2 is 1.89 bits per heavy atom. The van der Waals surface area contributed by atoms with Crippen LogP contribution in [0.4, 0.5) is 23.4 Å². The highest BCUT2D eigenvalue weighted by atomic mass is 32.5. The summed E-state index contributed by atoms with van der Waals surface area (Å²) in [6.45, 7) is -1.11. The molecule has 0 spiro atoms. The third-order valence-electron chi connectivity index (χ3n) is 7.02. The van der Waals surface area contributed by atoms with Crippen LogP contribution in [0.3, 0.4) is 0 Å². The Balaban J connectivity index is 1.50. The number of benzene rings is 2. The number of hydrogen-bond donors (Lipinski definition) is 3. The van der Waals surface area contributed by atoms with Gasteiger partial charge in [0.25, 0.3) is 6.43 Å². The summed E-state index contributed by atoms with van der Waals surface area (Å²) in [7, 11) is 0. The molecule has 0 amide bonds. The van der Waals surface area contributed by atoms with Gasteiger partial charge in [-0.3, -0.25) is 9.36 Å². The second kappa shape index (κ2) is 12.4. The minimum Gasteiger partial charge on any atom is -0.462 e. The maximum atomic E-state index is 15.8. The van der Waals surface area contributed by atoms with E-state index in [1.165, 1.54) is 13.0 Å². The summed E-state index contributed by atoms with van der Waals surface area (Å²) in [6, 6.07) is 10.7. The van der Waals surface area contributed by atoms with Gasteiger partial charge in [-0.05, 0) is 44.0 Å². The third-order valence-corrected chi connectivity index (χ3v) is 9.49.